The maximum atomic E-state index is 12.0. The molecule has 5 heteroatoms. The standard InChI is InChI=1S/C15H23N3O2/c1-11(13-6-9-20-10-7-13)17-15(19)18-12(2)14-5-3-4-8-16-14/h3-5,8,11-13H,6-7,9-10H2,1-2H3,(H2,17,18,19)/t11-,12+/m1/s1. The van der Waals surface area contributed by atoms with E-state index in [2.05, 4.69) is 22.5 Å². The molecule has 0 spiro atoms. The molecule has 0 radical (unpaired) electrons. The fourth-order valence-corrected chi connectivity index (χ4v) is 2.48. The van der Waals surface area contributed by atoms with Crippen molar-refractivity contribution in [2.75, 3.05) is 13.2 Å². The summed E-state index contributed by atoms with van der Waals surface area (Å²) in [6, 6.07) is 5.62. The first kappa shape index (κ1) is 14.8. The summed E-state index contributed by atoms with van der Waals surface area (Å²) < 4.78 is 5.34. The number of amides is 2. The molecule has 1 aliphatic heterocycles. The fourth-order valence-electron chi connectivity index (χ4n) is 2.48. The fraction of sp³-hybridized carbons (Fsp3) is 0.600. The van der Waals surface area contributed by atoms with Gasteiger partial charge in [-0.1, -0.05) is 6.07 Å². The van der Waals surface area contributed by atoms with Crippen LogP contribution in [0.15, 0.2) is 24.4 Å². The van der Waals surface area contributed by atoms with Crippen molar-refractivity contribution in [2.24, 2.45) is 5.92 Å². The van der Waals surface area contributed by atoms with Gasteiger partial charge >= 0.3 is 6.03 Å². The van der Waals surface area contributed by atoms with Crippen molar-refractivity contribution in [2.45, 2.75) is 38.8 Å². The van der Waals surface area contributed by atoms with Crippen LogP contribution in [0.25, 0.3) is 0 Å². The van der Waals surface area contributed by atoms with Gasteiger partial charge in [-0.2, -0.15) is 0 Å². The smallest absolute Gasteiger partial charge is 0.315 e. The number of hydrogen-bond acceptors (Lipinski definition) is 3. The van der Waals surface area contributed by atoms with Gasteiger partial charge in [0.1, 0.15) is 0 Å². The Labute approximate surface area is 120 Å². The van der Waals surface area contributed by atoms with E-state index in [0.29, 0.717) is 5.92 Å². The lowest BCUT2D eigenvalue weighted by Gasteiger charge is -2.28. The Hall–Kier alpha value is -1.62. The summed E-state index contributed by atoms with van der Waals surface area (Å²) in [5, 5.41) is 5.94. The monoisotopic (exact) mass is 277 g/mol. The van der Waals surface area contributed by atoms with Gasteiger partial charge in [-0.25, -0.2) is 4.79 Å². The van der Waals surface area contributed by atoms with Crippen molar-refractivity contribution in [1.29, 1.82) is 0 Å². The third-order valence-electron chi connectivity index (χ3n) is 3.81. The van der Waals surface area contributed by atoms with E-state index in [0.717, 1.165) is 31.7 Å². The Morgan fingerprint density at radius 3 is 2.70 bits per heavy atom. The van der Waals surface area contributed by atoms with Crippen molar-refractivity contribution >= 4 is 6.03 Å². The van der Waals surface area contributed by atoms with Crippen LogP contribution in [0.4, 0.5) is 4.79 Å². The zero-order valence-electron chi connectivity index (χ0n) is 12.1. The minimum Gasteiger partial charge on any atom is -0.381 e. The summed E-state index contributed by atoms with van der Waals surface area (Å²) in [4.78, 5) is 16.2. The summed E-state index contributed by atoms with van der Waals surface area (Å²) >= 11 is 0. The van der Waals surface area contributed by atoms with Gasteiger partial charge in [0.15, 0.2) is 0 Å². The molecule has 0 aliphatic carbocycles. The highest BCUT2D eigenvalue weighted by Gasteiger charge is 2.22. The van der Waals surface area contributed by atoms with Gasteiger partial charge in [0.2, 0.25) is 0 Å². The van der Waals surface area contributed by atoms with Crippen LogP contribution in [0.5, 0.6) is 0 Å². The third kappa shape index (κ3) is 4.20. The quantitative estimate of drug-likeness (QED) is 0.887. The zero-order valence-corrected chi connectivity index (χ0v) is 12.1. The van der Waals surface area contributed by atoms with E-state index in [-0.39, 0.29) is 18.1 Å². The van der Waals surface area contributed by atoms with E-state index in [1.54, 1.807) is 6.20 Å². The van der Waals surface area contributed by atoms with E-state index in [1.807, 2.05) is 25.1 Å². The van der Waals surface area contributed by atoms with Crippen molar-refractivity contribution in [1.82, 2.24) is 15.6 Å². The molecule has 1 saturated heterocycles. The predicted octanol–water partition coefficient (Wildman–Crippen LogP) is 2.26. The summed E-state index contributed by atoms with van der Waals surface area (Å²) in [7, 11) is 0. The molecule has 2 rings (SSSR count). The third-order valence-corrected chi connectivity index (χ3v) is 3.81. The van der Waals surface area contributed by atoms with Gasteiger partial charge in [0.25, 0.3) is 0 Å². The molecule has 20 heavy (non-hydrogen) atoms. The first-order valence-corrected chi connectivity index (χ1v) is 7.22. The van der Waals surface area contributed by atoms with Gasteiger partial charge < -0.3 is 15.4 Å². The van der Waals surface area contributed by atoms with Crippen LogP contribution in [0.3, 0.4) is 0 Å². The molecule has 1 fully saturated rings. The maximum Gasteiger partial charge on any atom is 0.315 e. The van der Waals surface area contributed by atoms with Crippen LogP contribution in [0, 0.1) is 5.92 Å². The molecule has 2 atom stereocenters. The normalized spacial score (nSPS) is 19.1. The largest absolute Gasteiger partial charge is 0.381 e. The molecule has 0 aromatic carbocycles. The molecule has 0 saturated carbocycles. The van der Waals surface area contributed by atoms with Crippen LogP contribution < -0.4 is 10.6 Å². The van der Waals surface area contributed by atoms with E-state index < -0.39 is 0 Å². The van der Waals surface area contributed by atoms with Crippen LogP contribution >= 0.6 is 0 Å². The number of rotatable bonds is 4. The Morgan fingerprint density at radius 2 is 2.05 bits per heavy atom. The summed E-state index contributed by atoms with van der Waals surface area (Å²) in [5.41, 5.74) is 0.862. The molecule has 0 bridgehead atoms. The van der Waals surface area contributed by atoms with E-state index >= 15 is 0 Å². The molecule has 2 heterocycles. The molecule has 1 aliphatic rings. The molecule has 1 aromatic heterocycles. The van der Waals surface area contributed by atoms with Crippen LogP contribution in [-0.4, -0.2) is 30.3 Å². The highest BCUT2D eigenvalue weighted by atomic mass is 16.5. The molecule has 5 nitrogen and oxygen atoms in total. The minimum atomic E-state index is -0.137. The number of nitrogens with one attached hydrogen (secondary N) is 2. The van der Waals surface area contributed by atoms with E-state index in [9.17, 15) is 4.79 Å². The molecule has 2 amide bonds. The first-order valence-electron chi connectivity index (χ1n) is 7.22. The molecule has 2 N–H and O–H groups in total. The topological polar surface area (TPSA) is 63.2 Å². The summed E-state index contributed by atoms with van der Waals surface area (Å²) in [6.45, 7) is 5.58. The van der Waals surface area contributed by atoms with Gasteiger partial charge in [-0.05, 0) is 44.7 Å². The van der Waals surface area contributed by atoms with Crippen LogP contribution in [-0.2, 0) is 4.74 Å². The van der Waals surface area contributed by atoms with Crippen molar-refractivity contribution in [3.8, 4) is 0 Å². The summed E-state index contributed by atoms with van der Waals surface area (Å²) in [5.74, 6) is 0.500. The van der Waals surface area contributed by atoms with E-state index in [4.69, 9.17) is 4.74 Å². The second-order valence-electron chi connectivity index (χ2n) is 5.33. The average molecular weight is 277 g/mol. The molecule has 110 valence electrons. The molecule has 1 aromatic rings. The lowest BCUT2D eigenvalue weighted by atomic mass is 9.93. The average Bonchev–Trinajstić information content (AvgIpc) is 2.49. The van der Waals surface area contributed by atoms with Crippen molar-refractivity contribution in [3.63, 3.8) is 0 Å². The Morgan fingerprint density at radius 1 is 1.30 bits per heavy atom. The predicted molar refractivity (Wildman–Crippen MR) is 77.3 cm³/mol. The maximum absolute atomic E-state index is 12.0. The van der Waals surface area contributed by atoms with Crippen molar-refractivity contribution in [3.05, 3.63) is 30.1 Å². The lowest BCUT2D eigenvalue weighted by Crippen LogP contribution is -2.46. The number of aromatic nitrogens is 1. The zero-order chi connectivity index (χ0) is 14.4. The highest BCUT2D eigenvalue weighted by molar-refractivity contribution is 5.74. The Bertz CT molecular complexity index is 418. The lowest BCUT2D eigenvalue weighted by molar-refractivity contribution is 0.0570. The second-order valence-corrected chi connectivity index (χ2v) is 5.33. The van der Waals surface area contributed by atoms with Gasteiger partial charge in [-0.15, -0.1) is 0 Å². The Balaban J connectivity index is 1.79. The number of carbonyl (C=O) groups is 1. The number of urea groups is 1. The van der Waals surface area contributed by atoms with Gasteiger partial charge in [-0.3, -0.25) is 4.98 Å². The van der Waals surface area contributed by atoms with Crippen LogP contribution in [0.1, 0.15) is 38.4 Å². The SMILES string of the molecule is C[C@H](NC(=O)N[C@H](C)C1CCOCC1)c1ccccn1. The number of nitrogens with zero attached hydrogens (tertiary/aromatic N) is 1. The number of pyridine rings is 1. The molecule has 0 unspecified atom stereocenters. The van der Waals surface area contributed by atoms with Crippen molar-refractivity contribution < 1.29 is 9.53 Å². The second kappa shape index (κ2) is 7.24. The van der Waals surface area contributed by atoms with Gasteiger partial charge in [0.05, 0.1) is 11.7 Å². The molecular formula is C15H23N3O2. The minimum absolute atomic E-state index is 0.0990. The highest BCUT2D eigenvalue weighted by Crippen LogP contribution is 2.18. The summed E-state index contributed by atoms with van der Waals surface area (Å²) in [6.07, 6.45) is 3.75. The Kier molecular flexibility index (Phi) is 5.35. The molecular weight excluding hydrogens is 254 g/mol. The van der Waals surface area contributed by atoms with Crippen LogP contribution in [0.2, 0.25) is 0 Å². The number of carbonyl (C=O) groups excluding carboxylic acids is 1. The van der Waals surface area contributed by atoms with Gasteiger partial charge in [0, 0.05) is 25.5 Å². The van der Waals surface area contributed by atoms with E-state index in [1.165, 1.54) is 0 Å². The first-order chi connectivity index (χ1) is 9.66. The number of ether oxygens (including phenoxy) is 1. The number of hydrogen-bond donors (Lipinski definition) is 2.